The van der Waals surface area contributed by atoms with E-state index in [1.54, 1.807) is 6.20 Å². The molecule has 88 valence electrons. The van der Waals surface area contributed by atoms with Crippen LogP contribution in [0, 0.1) is 6.92 Å². The molecule has 7 heteroatoms. The minimum atomic E-state index is -0.274. The number of aromatic nitrogens is 3. The van der Waals surface area contributed by atoms with Crippen molar-refractivity contribution in [1.82, 2.24) is 15.0 Å². The van der Waals surface area contributed by atoms with Crippen molar-refractivity contribution in [3.63, 3.8) is 0 Å². The lowest BCUT2D eigenvalue weighted by Gasteiger charge is -2.04. The molecule has 0 saturated heterocycles. The minimum Gasteiger partial charge on any atom is -0.383 e. The highest BCUT2D eigenvalue weighted by molar-refractivity contribution is 9.10. The molecule has 0 aromatic carbocycles. The number of nitrogens with zero attached hydrogens (tertiary/aromatic N) is 2. The van der Waals surface area contributed by atoms with Crippen molar-refractivity contribution in [2.45, 2.75) is 17.1 Å². The van der Waals surface area contributed by atoms with Crippen LogP contribution in [-0.4, -0.2) is 15.0 Å². The van der Waals surface area contributed by atoms with E-state index in [2.05, 4.69) is 30.9 Å². The average molecular weight is 313 g/mol. The van der Waals surface area contributed by atoms with Crippen molar-refractivity contribution in [3.8, 4) is 0 Å². The van der Waals surface area contributed by atoms with Crippen LogP contribution in [-0.2, 0) is 0 Å². The number of aromatic amines is 1. The monoisotopic (exact) mass is 312 g/mol. The molecular weight excluding hydrogens is 304 g/mol. The maximum absolute atomic E-state index is 11.2. The Morgan fingerprint density at radius 2 is 2.29 bits per heavy atom. The van der Waals surface area contributed by atoms with Gasteiger partial charge in [-0.05, 0) is 46.2 Å². The van der Waals surface area contributed by atoms with Gasteiger partial charge in [-0.2, -0.15) is 0 Å². The Morgan fingerprint density at radius 3 is 3.00 bits per heavy atom. The Morgan fingerprint density at radius 1 is 1.53 bits per heavy atom. The predicted octanol–water partition coefficient (Wildman–Crippen LogP) is 1.97. The van der Waals surface area contributed by atoms with E-state index in [1.807, 2.05) is 13.0 Å². The summed E-state index contributed by atoms with van der Waals surface area (Å²) >= 11 is 4.69. The fraction of sp³-hybridized carbons (Fsp3) is 0.100. The summed E-state index contributed by atoms with van der Waals surface area (Å²) in [6.07, 6.45) is 1.70. The van der Waals surface area contributed by atoms with Crippen LogP contribution < -0.4 is 11.3 Å². The third-order valence-electron chi connectivity index (χ3n) is 1.98. The molecule has 0 spiro atoms. The van der Waals surface area contributed by atoms with E-state index in [0.717, 1.165) is 15.1 Å². The van der Waals surface area contributed by atoms with Crippen LogP contribution in [0.3, 0.4) is 0 Å². The first-order chi connectivity index (χ1) is 8.06. The lowest BCUT2D eigenvalue weighted by molar-refractivity contribution is 0.938. The molecule has 2 rings (SSSR count). The van der Waals surface area contributed by atoms with Gasteiger partial charge in [0.1, 0.15) is 10.8 Å². The molecule has 0 unspecified atom stereocenters. The molecular formula is C10H9BrN4OS. The summed E-state index contributed by atoms with van der Waals surface area (Å²) in [7, 11) is 0. The number of nitrogen functional groups attached to an aromatic ring is 1. The van der Waals surface area contributed by atoms with Crippen molar-refractivity contribution in [2.24, 2.45) is 0 Å². The largest absolute Gasteiger partial charge is 0.383 e. The summed E-state index contributed by atoms with van der Waals surface area (Å²) in [4.78, 5) is 22.1. The van der Waals surface area contributed by atoms with Gasteiger partial charge >= 0.3 is 0 Å². The van der Waals surface area contributed by atoms with Gasteiger partial charge in [-0.15, -0.1) is 0 Å². The van der Waals surface area contributed by atoms with E-state index in [-0.39, 0.29) is 11.4 Å². The van der Waals surface area contributed by atoms with Crippen LogP contribution >= 0.6 is 27.7 Å². The Kier molecular flexibility index (Phi) is 3.49. The summed E-state index contributed by atoms with van der Waals surface area (Å²) in [6, 6.07) is 3.13. The quantitative estimate of drug-likeness (QED) is 0.828. The number of hydrogen-bond acceptors (Lipinski definition) is 5. The first kappa shape index (κ1) is 12.1. The number of aryl methyl sites for hydroxylation is 1. The van der Waals surface area contributed by atoms with E-state index < -0.39 is 0 Å². The summed E-state index contributed by atoms with van der Waals surface area (Å²) in [6.45, 7) is 1.96. The maximum atomic E-state index is 11.2. The zero-order chi connectivity index (χ0) is 12.4. The molecule has 0 atom stereocenters. The van der Waals surface area contributed by atoms with Gasteiger partial charge in [0.2, 0.25) is 0 Å². The van der Waals surface area contributed by atoms with Crippen LogP contribution in [0.2, 0.25) is 0 Å². The van der Waals surface area contributed by atoms with Gasteiger partial charge in [-0.1, -0.05) is 0 Å². The Bertz CT molecular complexity index is 613. The van der Waals surface area contributed by atoms with Crippen LogP contribution in [0.15, 0.2) is 37.8 Å². The Hall–Kier alpha value is -1.34. The molecule has 0 aliphatic carbocycles. The second kappa shape index (κ2) is 4.89. The molecule has 0 fully saturated rings. The van der Waals surface area contributed by atoms with Crippen molar-refractivity contribution in [1.29, 1.82) is 0 Å². The number of nitrogens with one attached hydrogen (secondary N) is 1. The smallest absolute Gasteiger partial charge is 0.253 e. The maximum Gasteiger partial charge on any atom is 0.253 e. The number of hydrogen-bond donors (Lipinski definition) is 2. The van der Waals surface area contributed by atoms with E-state index in [1.165, 1.54) is 17.8 Å². The number of rotatable bonds is 2. The highest BCUT2D eigenvalue weighted by atomic mass is 79.9. The zero-order valence-electron chi connectivity index (χ0n) is 8.90. The summed E-state index contributed by atoms with van der Waals surface area (Å²) in [5.41, 5.74) is 6.29. The average Bonchev–Trinajstić information content (AvgIpc) is 2.23. The molecule has 0 aliphatic rings. The van der Waals surface area contributed by atoms with Crippen molar-refractivity contribution < 1.29 is 0 Å². The summed E-state index contributed by atoms with van der Waals surface area (Å²) in [5.74, 6) is 0.194. The Labute approximate surface area is 110 Å². The van der Waals surface area contributed by atoms with Crippen molar-refractivity contribution >= 4 is 33.5 Å². The van der Waals surface area contributed by atoms with Crippen LogP contribution in [0.25, 0.3) is 0 Å². The van der Waals surface area contributed by atoms with Crippen LogP contribution in [0.4, 0.5) is 5.82 Å². The first-order valence-electron chi connectivity index (χ1n) is 4.72. The fourth-order valence-corrected chi connectivity index (χ4v) is 2.51. The van der Waals surface area contributed by atoms with E-state index in [0.29, 0.717) is 5.16 Å². The molecule has 0 saturated carbocycles. The van der Waals surface area contributed by atoms with Gasteiger partial charge in [-0.25, -0.2) is 9.97 Å². The number of nitrogens with two attached hydrogens (primary N) is 1. The molecule has 3 N–H and O–H groups in total. The first-order valence-corrected chi connectivity index (χ1v) is 6.33. The molecule has 0 aliphatic heterocycles. The normalized spacial score (nSPS) is 10.5. The topological polar surface area (TPSA) is 84.7 Å². The summed E-state index contributed by atoms with van der Waals surface area (Å²) < 4.78 is 0.884. The van der Waals surface area contributed by atoms with Crippen molar-refractivity contribution in [3.05, 3.63) is 38.7 Å². The van der Waals surface area contributed by atoms with Gasteiger partial charge in [-0.3, -0.25) is 4.79 Å². The molecule has 0 radical (unpaired) electrons. The summed E-state index contributed by atoms with van der Waals surface area (Å²) in [5, 5.41) is 1.16. The molecule has 5 nitrogen and oxygen atoms in total. The number of pyridine rings is 1. The third-order valence-corrected chi connectivity index (χ3v) is 4.14. The highest BCUT2D eigenvalue weighted by Gasteiger charge is 2.08. The van der Waals surface area contributed by atoms with Gasteiger partial charge < -0.3 is 10.7 Å². The lowest BCUT2D eigenvalue weighted by atomic mass is 10.3. The molecule has 0 bridgehead atoms. The second-order valence-electron chi connectivity index (χ2n) is 3.32. The van der Waals surface area contributed by atoms with Crippen LogP contribution in [0.1, 0.15) is 5.56 Å². The standard InChI is InChI=1S/C10H9BrN4OS/c1-5-2-3-13-9(8(5)11)17-10-14-6(12)4-7(16)15-10/h2-4H,1H3,(H3,12,14,15,16). The molecule has 0 amide bonds. The van der Waals surface area contributed by atoms with Gasteiger partial charge in [0.05, 0.1) is 4.47 Å². The number of H-pyrrole nitrogens is 1. The molecule has 2 aromatic rings. The SMILES string of the molecule is Cc1ccnc(Sc2nc(N)cc(=O)[nH]2)c1Br. The van der Waals surface area contributed by atoms with Gasteiger partial charge in [0.25, 0.3) is 5.56 Å². The Balaban J connectivity index is 2.38. The number of halogens is 1. The molecule has 17 heavy (non-hydrogen) atoms. The molecule has 2 heterocycles. The van der Waals surface area contributed by atoms with Gasteiger partial charge in [0.15, 0.2) is 5.16 Å². The number of anilines is 1. The predicted molar refractivity (Wildman–Crippen MR) is 70.1 cm³/mol. The van der Waals surface area contributed by atoms with Gasteiger partial charge in [0, 0.05) is 12.3 Å². The van der Waals surface area contributed by atoms with Crippen molar-refractivity contribution in [2.75, 3.05) is 5.73 Å². The zero-order valence-corrected chi connectivity index (χ0v) is 11.3. The minimum absolute atomic E-state index is 0.194. The highest BCUT2D eigenvalue weighted by Crippen LogP contribution is 2.31. The van der Waals surface area contributed by atoms with E-state index in [9.17, 15) is 4.79 Å². The van der Waals surface area contributed by atoms with E-state index >= 15 is 0 Å². The third kappa shape index (κ3) is 2.86. The second-order valence-corrected chi connectivity index (χ2v) is 5.09. The van der Waals surface area contributed by atoms with Crippen LogP contribution in [0.5, 0.6) is 0 Å². The fourth-order valence-electron chi connectivity index (χ4n) is 1.18. The van der Waals surface area contributed by atoms with E-state index in [4.69, 9.17) is 5.73 Å². The lowest BCUT2D eigenvalue weighted by Crippen LogP contribution is -2.09. The molecule has 2 aromatic heterocycles.